The fourth-order valence-electron chi connectivity index (χ4n) is 3.14. The van der Waals surface area contributed by atoms with Crippen LogP contribution in [0.4, 0.5) is 0 Å². The smallest absolute Gasteiger partial charge is 0.237 e. The molecule has 1 aromatic rings. The maximum atomic E-state index is 12.6. The lowest BCUT2D eigenvalue weighted by Crippen LogP contribution is -2.52. The third-order valence-corrected chi connectivity index (χ3v) is 4.58. The normalized spacial score (nSPS) is 17.6. The number of piperidine rings is 1. The number of H-pyrrole nitrogens is 1. The van der Waals surface area contributed by atoms with E-state index in [-0.39, 0.29) is 11.9 Å². The molecule has 22 heavy (non-hydrogen) atoms. The van der Waals surface area contributed by atoms with Crippen LogP contribution in [-0.4, -0.2) is 51.2 Å². The molecular weight excluding hydrogens is 298 g/mol. The molecule has 2 rings (SSSR count). The summed E-state index contributed by atoms with van der Waals surface area (Å²) in [7, 11) is 0. The molecular formula is C15H27N5OS. The van der Waals surface area contributed by atoms with Gasteiger partial charge in [-0.2, -0.15) is 5.10 Å². The van der Waals surface area contributed by atoms with Crippen LogP contribution in [0.1, 0.15) is 38.9 Å². The summed E-state index contributed by atoms with van der Waals surface area (Å²) >= 11 is 5.17. The predicted molar refractivity (Wildman–Crippen MR) is 89.2 cm³/mol. The SMILES string of the molecule is Cc1n[nH]c(=S)n1CCNC(=O)[C@@H](C(C)C)N1CCCCC1. The first kappa shape index (κ1) is 17.1. The lowest BCUT2D eigenvalue weighted by Gasteiger charge is -2.35. The van der Waals surface area contributed by atoms with Crippen molar-refractivity contribution in [3.63, 3.8) is 0 Å². The fraction of sp³-hybridized carbons (Fsp3) is 0.800. The highest BCUT2D eigenvalue weighted by atomic mass is 32.1. The summed E-state index contributed by atoms with van der Waals surface area (Å²) in [5, 5.41) is 9.90. The average Bonchev–Trinajstić information content (AvgIpc) is 2.80. The Kier molecular flexibility index (Phi) is 6.14. The van der Waals surface area contributed by atoms with Gasteiger partial charge in [0.05, 0.1) is 6.04 Å². The number of aryl methyl sites for hydroxylation is 1. The summed E-state index contributed by atoms with van der Waals surface area (Å²) < 4.78 is 2.50. The van der Waals surface area contributed by atoms with E-state index in [2.05, 4.69) is 34.3 Å². The highest BCUT2D eigenvalue weighted by molar-refractivity contribution is 7.71. The summed E-state index contributed by atoms with van der Waals surface area (Å²) in [5.41, 5.74) is 0. The van der Waals surface area contributed by atoms with Gasteiger partial charge < -0.3 is 9.88 Å². The van der Waals surface area contributed by atoms with E-state index < -0.39 is 0 Å². The van der Waals surface area contributed by atoms with Gasteiger partial charge in [0.25, 0.3) is 0 Å². The summed E-state index contributed by atoms with van der Waals surface area (Å²) in [5.74, 6) is 1.29. The van der Waals surface area contributed by atoms with Gasteiger partial charge in [-0.15, -0.1) is 0 Å². The minimum absolute atomic E-state index is 0.0290. The standard InChI is InChI=1S/C15H27N5OS/c1-11(2)13(19-8-5-4-6-9-19)14(21)16-7-10-20-12(3)17-18-15(20)22/h11,13H,4-10H2,1-3H3,(H,16,21)(H,18,22)/t13-/m1/s1. The van der Waals surface area contributed by atoms with Crippen molar-refractivity contribution in [3.05, 3.63) is 10.6 Å². The first-order chi connectivity index (χ1) is 10.5. The van der Waals surface area contributed by atoms with Gasteiger partial charge in [0.2, 0.25) is 5.91 Å². The van der Waals surface area contributed by atoms with Crippen molar-refractivity contribution in [2.45, 2.75) is 52.6 Å². The lowest BCUT2D eigenvalue weighted by molar-refractivity contribution is -0.128. The molecule has 1 atom stereocenters. The molecule has 1 aromatic heterocycles. The van der Waals surface area contributed by atoms with E-state index in [1.807, 2.05) is 11.5 Å². The Morgan fingerprint density at radius 1 is 1.36 bits per heavy atom. The molecule has 2 N–H and O–H groups in total. The predicted octanol–water partition coefficient (Wildman–Crippen LogP) is 1.88. The van der Waals surface area contributed by atoms with Gasteiger partial charge in [-0.25, -0.2) is 0 Å². The van der Waals surface area contributed by atoms with E-state index >= 15 is 0 Å². The number of hydrogen-bond acceptors (Lipinski definition) is 4. The Morgan fingerprint density at radius 2 is 2.05 bits per heavy atom. The molecule has 0 spiro atoms. The number of carbonyl (C=O) groups is 1. The van der Waals surface area contributed by atoms with E-state index in [4.69, 9.17) is 12.2 Å². The molecule has 1 saturated heterocycles. The molecule has 6 nitrogen and oxygen atoms in total. The topological polar surface area (TPSA) is 66.0 Å². The Morgan fingerprint density at radius 3 is 2.59 bits per heavy atom. The van der Waals surface area contributed by atoms with E-state index in [1.165, 1.54) is 19.3 Å². The van der Waals surface area contributed by atoms with Crippen molar-refractivity contribution in [2.24, 2.45) is 5.92 Å². The van der Waals surface area contributed by atoms with Crippen molar-refractivity contribution < 1.29 is 4.79 Å². The molecule has 1 aliphatic heterocycles. The molecule has 1 amide bonds. The van der Waals surface area contributed by atoms with Crippen LogP contribution in [0.3, 0.4) is 0 Å². The van der Waals surface area contributed by atoms with Crippen LogP contribution < -0.4 is 5.32 Å². The minimum atomic E-state index is -0.0290. The van der Waals surface area contributed by atoms with Crippen molar-refractivity contribution in [2.75, 3.05) is 19.6 Å². The van der Waals surface area contributed by atoms with Crippen molar-refractivity contribution in [1.29, 1.82) is 0 Å². The molecule has 124 valence electrons. The Hall–Kier alpha value is -1.21. The summed E-state index contributed by atoms with van der Waals surface area (Å²) in [4.78, 5) is 14.9. The third kappa shape index (κ3) is 4.16. The van der Waals surface area contributed by atoms with Gasteiger partial charge in [0.1, 0.15) is 5.82 Å². The number of hydrogen-bond donors (Lipinski definition) is 2. The molecule has 0 aromatic carbocycles. The van der Waals surface area contributed by atoms with Crippen LogP contribution in [-0.2, 0) is 11.3 Å². The van der Waals surface area contributed by atoms with Crippen molar-refractivity contribution in [3.8, 4) is 0 Å². The average molecular weight is 325 g/mol. The maximum absolute atomic E-state index is 12.6. The molecule has 0 saturated carbocycles. The van der Waals surface area contributed by atoms with Crippen LogP contribution in [0.25, 0.3) is 0 Å². The first-order valence-electron chi connectivity index (χ1n) is 8.14. The summed E-state index contributed by atoms with van der Waals surface area (Å²) in [6, 6.07) is -0.0290. The fourth-order valence-corrected chi connectivity index (χ4v) is 3.41. The van der Waals surface area contributed by atoms with Crippen LogP contribution in [0.5, 0.6) is 0 Å². The number of amides is 1. The number of nitrogens with one attached hydrogen (secondary N) is 2. The Labute approximate surface area is 137 Å². The molecule has 0 aliphatic carbocycles. The number of aromatic amines is 1. The van der Waals surface area contributed by atoms with E-state index in [0.29, 0.717) is 23.8 Å². The second kappa shape index (κ2) is 7.87. The van der Waals surface area contributed by atoms with Crippen LogP contribution >= 0.6 is 12.2 Å². The minimum Gasteiger partial charge on any atom is -0.353 e. The van der Waals surface area contributed by atoms with Crippen LogP contribution in [0, 0.1) is 17.6 Å². The van der Waals surface area contributed by atoms with Crippen molar-refractivity contribution >= 4 is 18.1 Å². The van der Waals surface area contributed by atoms with Crippen LogP contribution in [0.2, 0.25) is 0 Å². The zero-order chi connectivity index (χ0) is 16.1. The molecule has 0 radical (unpaired) electrons. The van der Waals surface area contributed by atoms with Crippen molar-refractivity contribution in [1.82, 2.24) is 25.0 Å². The second-order valence-electron chi connectivity index (χ2n) is 6.30. The van der Waals surface area contributed by atoms with E-state index in [1.54, 1.807) is 0 Å². The maximum Gasteiger partial charge on any atom is 0.237 e. The van der Waals surface area contributed by atoms with E-state index in [9.17, 15) is 4.79 Å². The van der Waals surface area contributed by atoms with Gasteiger partial charge in [-0.1, -0.05) is 20.3 Å². The Bertz CT molecular complexity index is 544. The number of aromatic nitrogens is 3. The largest absolute Gasteiger partial charge is 0.353 e. The highest BCUT2D eigenvalue weighted by Crippen LogP contribution is 2.17. The first-order valence-corrected chi connectivity index (χ1v) is 8.55. The highest BCUT2D eigenvalue weighted by Gasteiger charge is 2.29. The molecule has 2 heterocycles. The van der Waals surface area contributed by atoms with Gasteiger partial charge in [0.15, 0.2) is 4.77 Å². The Balaban J connectivity index is 1.90. The zero-order valence-electron chi connectivity index (χ0n) is 13.8. The summed E-state index contributed by atoms with van der Waals surface area (Å²) in [6.07, 6.45) is 3.67. The monoisotopic (exact) mass is 325 g/mol. The quantitative estimate of drug-likeness (QED) is 0.784. The molecule has 1 fully saturated rings. The zero-order valence-corrected chi connectivity index (χ0v) is 14.6. The molecule has 1 aliphatic rings. The molecule has 7 heteroatoms. The molecule has 0 unspecified atom stereocenters. The van der Waals surface area contributed by atoms with Gasteiger partial charge in [0, 0.05) is 13.1 Å². The number of likely N-dealkylation sites (tertiary alicyclic amines) is 1. The summed E-state index contributed by atoms with van der Waals surface area (Å²) in [6.45, 7) is 9.43. The molecule has 0 bridgehead atoms. The number of rotatable bonds is 6. The van der Waals surface area contributed by atoms with Crippen LogP contribution in [0.15, 0.2) is 0 Å². The number of nitrogens with zero attached hydrogens (tertiary/aromatic N) is 3. The lowest BCUT2D eigenvalue weighted by atomic mass is 9.98. The van der Waals surface area contributed by atoms with Gasteiger partial charge in [-0.05, 0) is 51.0 Å². The van der Waals surface area contributed by atoms with Gasteiger partial charge in [-0.3, -0.25) is 14.8 Å². The van der Waals surface area contributed by atoms with E-state index in [0.717, 1.165) is 18.9 Å². The second-order valence-corrected chi connectivity index (χ2v) is 6.69. The number of carbonyl (C=O) groups excluding carboxylic acids is 1. The third-order valence-electron chi connectivity index (χ3n) is 4.27. The van der Waals surface area contributed by atoms with Gasteiger partial charge >= 0.3 is 0 Å².